The van der Waals surface area contributed by atoms with Crippen LogP contribution in [0, 0.1) is 17.8 Å². The van der Waals surface area contributed by atoms with Crippen molar-refractivity contribution in [3.8, 4) is 0 Å². The Balaban J connectivity index is 2.20. The maximum Gasteiger partial charge on any atom is 0.326 e. The number of nitrogens with two attached hydrogens (primary N) is 1. The Morgan fingerprint density at radius 1 is 0.576 bits per heavy atom. The lowest BCUT2D eigenvalue weighted by Crippen LogP contribution is -2.61. The Morgan fingerprint density at radius 2 is 1.08 bits per heavy atom. The molecule has 2 heterocycles. The molecule has 0 aliphatic carbocycles. The predicted octanol–water partition coefficient (Wildman–Crippen LogP) is -1.63. The van der Waals surface area contributed by atoms with Crippen LogP contribution in [0.25, 0.3) is 0 Å². The van der Waals surface area contributed by atoms with Gasteiger partial charge in [-0.05, 0) is 75.2 Å². The average Bonchev–Trinajstić information content (AvgIpc) is 3.94. The zero-order valence-electron chi connectivity index (χ0n) is 38.9. The van der Waals surface area contributed by atoms with Crippen molar-refractivity contribution >= 4 is 76.9 Å². The lowest BCUT2D eigenvalue weighted by molar-refractivity contribution is -0.147. The summed E-state index contributed by atoms with van der Waals surface area (Å²) in [5.74, 6) is -11.4. The Hall–Kier alpha value is -5.52. The molecule has 9 unspecified atom stereocenters. The number of carbonyl (C=O) groups is 11. The molecule has 2 aliphatic heterocycles. The molecule has 0 saturated carbocycles. The van der Waals surface area contributed by atoms with E-state index in [0.29, 0.717) is 31.6 Å². The monoisotopic (exact) mass is 955 g/mol. The Morgan fingerprint density at radius 3 is 1.55 bits per heavy atom. The van der Waals surface area contributed by atoms with Crippen LogP contribution in [0.1, 0.15) is 99.8 Å². The van der Waals surface area contributed by atoms with E-state index in [1.54, 1.807) is 47.8 Å². The lowest BCUT2D eigenvalue weighted by atomic mass is 10.0. The second-order valence-corrected chi connectivity index (χ2v) is 18.7. The summed E-state index contributed by atoms with van der Waals surface area (Å²) in [5.41, 5.74) is 6.07. The number of hydrogen-bond donors (Lipinski definition) is 10. The molecule has 2 rings (SSSR count). The fourth-order valence-corrected chi connectivity index (χ4v) is 7.93. The molecule has 0 aromatic carbocycles. The van der Waals surface area contributed by atoms with Crippen molar-refractivity contribution in [2.75, 3.05) is 25.1 Å². The highest BCUT2D eigenvalue weighted by Crippen LogP contribution is 2.22. The molecule has 2 aliphatic rings. The van der Waals surface area contributed by atoms with Gasteiger partial charge in [-0.2, -0.15) is 11.8 Å². The van der Waals surface area contributed by atoms with Crippen molar-refractivity contribution < 1.29 is 68.1 Å². The van der Waals surface area contributed by atoms with Gasteiger partial charge in [0, 0.05) is 19.5 Å². The summed E-state index contributed by atoms with van der Waals surface area (Å²) in [5, 5.41) is 43.5. The van der Waals surface area contributed by atoms with Crippen LogP contribution in [0.4, 0.5) is 0 Å². The summed E-state index contributed by atoms with van der Waals surface area (Å²) in [6.07, 6.45) is 1.33. The highest BCUT2D eigenvalue weighted by atomic mass is 32.2. The van der Waals surface area contributed by atoms with Crippen molar-refractivity contribution in [1.29, 1.82) is 0 Å². The average molecular weight is 956 g/mol. The van der Waals surface area contributed by atoms with Crippen molar-refractivity contribution in [3.63, 3.8) is 0 Å². The van der Waals surface area contributed by atoms with E-state index in [9.17, 15) is 68.1 Å². The first-order valence-corrected chi connectivity index (χ1v) is 23.6. The van der Waals surface area contributed by atoms with Crippen molar-refractivity contribution in [2.24, 2.45) is 23.5 Å². The zero-order chi connectivity index (χ0) is 50.2. The van der Waals surface area contributed by atoms with Crippen LogP contribution >= 0.6 is 11.8 Å². The molecule has 9 atom stereocenters. The van der Waals surface area contributed by atoms with Gasteiger partial charge in [-0.15, -0.1) is 0 Å². The molecule has 2 saturated heterocycles. The SMILES string of the molecule is CSCCC(NC(=O)C1CCCN1C(=O)C(CC(=O)O)NC(=O)C(NC(=O)C(C)NC(=O)C(CCC(=O)O)NC(=O)C(NC(=O)C1CCCN1C(=O)C(N)C(C)C)C(C)C)C(C)C)C(=O)O. The van der Waals surface area contributed by atoms with Crippen LogP contribution in [0.5, 0.6) is 0 Å². The minimum atomic E-state index is -1.70. The van der Waals surface area contributed by atoms with Crippen LogP contribution in [0.15, 0.2) is 0 Å². The second-order valence-electron chi connectivity index (χ2n) is 17.7. The molecular weight excluding hydrogens is 887 g/mol. The van der Waals surface area contributed by atoms with Crippen LogP contribution in [0.2, 0.25) is 0 Å². The van der Waals surface area contributed by atoms with Crippen molar-refractivity contribution in [1.82, 2.24) is 41.7 Å². The quantitative estimate of drug-likeness (QED) is 0.0465. The van der Waals surface area contributed by atoms with Gasteiger partial charge in [-0.3, -0.25) is 47.9 Å². The van der Waals surface area contributed by atoms with Gasteiger partial charge in [0.25, 0.3) is 0 Å². The van der Waals surface area contributed by atoms with E-state index >= 15 is 0 Å². The molecule has 0 bridgehead atoms. The first-order chi connectivity index (χ1) is 30.8. The normalized spacial score (nSPS) is 19.2. The van der Waals surface area contributed by atoms with Crippen LogP contribution in [-0.2, 0) is 52.7 Å². The molecule has 24 heteroatoms. The van der Waals surface area contributed by atoms with Crippen LogP contribution < -0.4 is 37.6 Å². The number of hydrogen-bond acceptors (Lipinski definition) is 13. The minimum Gasteiger partial charge on any atom is -0.481 e. The van der Waals surface area contributed by atoms with E-state index in [1.807, 2.05) is 0 Å². The standard InChI is InChI=1S/C42H69N9O14S/c1-20(2)31(43)41(63)51-17-10-12-28(51)37(59)49-33(22(5)6)38(60)45-24(13-14-29(52)53)35(57)44-23(7)34(56)48-32(21(3)4)39(61)47-26(19-30(54)55)40(62)50-16-9-11-27(50)36(58)46-25(42(64)65)15-18-66-8/h20-28,31-33H,9-19,43H2,1-8H3,(H,44,57)(H,45,60)(H,46,58)(H,47,61)(H,48,56)(H,49,59)(H,52,53)(H,54,55)(H,64,65). The van der Waals surface area contributed by atoms with E-state index in [2.05, 4.69) is 31.9 Å². The number of carboxylic acids is 3. The third-order valence-corrected chi connectivity index (χ3v) is 12.1. The second kappa shape index (κ2) is 26.6. The molecule has 0 aromatic heterocycles. The summed E-state index contributed by atoms with van der Waals surface area (Å²) < 4.78 is 0. The number of thioether (sulfide) groups is 1. The summed E-state index contributed by atoms with van der Waals surface area (Å²) in [6.45, 7) is 11.5. The molecular formula is C42H69N9O14S. The first kappa shape index (κ1) is 56.6. The number of carbonyl (C=O) groups excluding carboxylic acids is 8. The number of carboxylic acid groups (broad SMARTS) is 3. The maximum absolute atomic E-state index is 13.8. The highest BCUT2D eigenvalue weighted by molar-refractivity contribution is 7.98. The Labute approximate surface area is 388 Å². The van der Waals surface area contributed by atoms with Gasteiger partial charge >= 0.3 is 17.9 Å². The molecule has 0 radical (unpaired) electrons. The fraction of sp³-hybridized carbons (Fsp3) is 0.738. The predicted molar refractivity (Wildman–Crippen MR) is 239 cm³/mol. The molecule has 2 fully saturated rings. The number of aliphatic carboxylic acids is 3. The van der Waals surface area contributed by atoms with E-state index in [4.69, 9.17) is 5.73 Å². The third kappa shape index (κ3) is 16.7. The molecule has 11 N–H and O–H groups in total. The maximum atomic E-state index is 13.8. The summed E-state index contributed by atoms with van der Waals surface area (Å²) >= 11 is 1.38. The molecule has 8 amide bonds. The summed E-state index contributed by atoms with van der Waals surface area (Å²) in [7, 11) is 0. The van der Waals surface area contributed by atoms with Gasteiger partial charge in [0.2, 0.25) is 47.3 Å². The van der Waals surface area contributed by atoms with Gasteiger partial charge in [-0.1, -0.05) is 41.5 Å². The van der Waals surface area contributed by atoms with Crippen LogP contribution in [0.3, 0.4) is 0 Å². The van der Waals surface area contributed by atoms with Crippen molar-refractivity contribution in [2.45, 2.75) is 154 Å². The van der Waals surface area contributed by atoms with Gasteiger partial charge in [0.05, 0.1) is 12.5 Å². The van der Waals surface area contributed by atoms with Gasteiger partial charge in [-0.25, -0.2) is 4.79 Å². The van der Waals surface area contributed by atoms with Gasteiger partial charge in [0.15, 0.2) is 0 Å². The third-order valence-electron chi connectivity index (χ3n) is 11.4. The van der Waals surface area contributed by atoms with Crippen LogP contribution in [-0.4, -0.2) is 170 Å². The lowest BCUT2D eigenvalue weighted by Gasteiger charge is -2.31. The summed E-state index contributed by atoms with van der Waals surface area (Å²) in [6, 6.07) is -11.4. The summed E-state index contributed by atoms with van der Waals surface area (Å²) in [4.78, 5) is 146. The number of amides is 8. The van der Waals surface area contributed by atoms with Gasteiger partial charge < -0.3 is 62.8 Å². The molecule has 0 spiro atoms. The zero-order valence-corrected chi connectivity index (χ0v) is 39.7. The smallest absolute Gasteiger partial charge is 0.326 e. The largest absolute Gasteiger partial charge is 0.481 e. The highest BCUT2D eigenvalue weighted by Gasteiger charge is 2.42. The first-order valence-electron chi connectivity index (χ1n) is 22.2. The Bertz CT molecular complexity index is 1800. The molecule has 23 nitrogen and oxygen atoms in total. The number of nitrogens with one attached hydrogen (secondary N) is 6. The molecule has 66 heavy (non-hydrogen) atoms. The molecule has 372 valence electrons. The topological polar surface area (TPSA) is 353 Å². The number of likely N-dealkylation sites (tertiary alicyclic amines) is 2. The minimum absolute atomic E-state index is 0.0171. The number of rotatable bonds is 26. The van der Waals surface area contributed by atoms with E-state index in [1.165, 1.54) is 23.6 Å². The van der Waals surface area contributed by atoms with E-state index in [0.717, 1.165) is 4.90 Å². The van der Waals surface area contributed by atoms with Gasteiger partial charge in [0.1, 0.15) is 48.3 Å². The van der Waals surface area contributed by atoms with E-state index < -0.39 is 151 Å². The molecule has 0 aromatic rings. The Kier molecular flexibility index (Phi) is 22.8. The fourth-order valence-electron chi connectivity index (χ4n) is 7.46. The van der Waals surface area contributed by atoms with E-state index in [-0.39, 0.29) is 25.3 Å². The van der Waals surface area contributed by atoms with Crippen molar-refractivity contribution in [3.05, 3.63) is 0 Å². The number of nitrogens with zero attached hydrogens (tertiary/aromatic N) is 2.